The molecule has 1 amide bonds. The fourth-order valence-electron chi connectivity index (χ4n) is 3.85. The summed E-state index contributed by atoms with van der Waals surface area (Å²) in [7, 11) is 0. The molecular formula is C28H34N2O4S. The number of carbonyl (C=O) groups is 2. The Morgan fingerprint density at radius 1 is 1.09 bits per heavy atom. The van der Waals surface area contributed by atoms with E-state index >= 15 is 0 Å². The summed E-state index contributed by atoms with van der Waals surface area (Å²) in [5.74, 6) is 0.173. The Bertz CT molecular complexity index is 1170. The molecule has 0 aliphatic carbocycles. The first-order chi connectivity index (χ1) is 16.8. The zero-order chi connectivity index (χ0) is 25.6. The third kappa shape index (κ3) is 6.09. The molecule has 0 fully saturated rings. The second-order valence-electron chi connectivity index (χ2n) is 8.54. The van der Waals surface area contributed by atoms with E-state index in [0.717, 1.165) is 28.2 Å². The standard InChI is InChI=1S/C26H28N2O4S.C2H6/c1-5-31-25(30)26(3,4)32-21-12-11-18-13-14-28(16-20(18)15-21)24(29)22-17(2)27-23(33-22)19-9-7-6-8-10-19;1-2/h6-12,15H,5,13-14,16H2,1-4H3;1-2H3. The molecule has 186 valence electrons. The number of benzene rings is 2. The average molecular weight is 495 g/mol. The molecule has 1 aliphatic heterocycles. The Balaban J connectivity index is 0.00000167. The highest BCUT2D eigenvalue weighted by atomic mass is 32.1. The van der Waals surface area contributed by atoms with Crippen LogP contribution in [0, 0.1) is 6.92 Å². The maximum absolute atomic E-state index is 13.4. The molecule has 2 aromatic carbocycles. The Morgan fingerprint density at radius 3 is 2.49 bits per heavy atom. The molecule has 0 atom stereocenters. The van der Waals surface area contributed by atoms with Gasteiger partial charge in [0, 0.05) is 18.7 Å². The number of amides is 1. The van der Waals surface area contributed by atoms with Gasteiger partial charge in [-0.2, -0.15) is 0 Å². The molecule has 0 bridgehead atoms. The average Bonchev–Trinajstić information content (AvgIpc) is 3.26. The minimum atomic E-state index is -1.10. The van der Waals surface area contributed by atoms with E-state index in [1.54, 1.807) is 20.8 Å². The largest absolute Gasteiger partial charge is 0.476 e. The van der Waals surface area contributed by atoms with E-state index in [4.69, 9.17) is 9.47 Å². The van der Waals surface area contributed by atoms with Gasteiger partial charge in [-0.25, -0.2) is 9.78 Å². The fraction of sp³-hybridized carbons (Fsp3) is 0.393. The van der Waals surface area contributed by atoms with Crippen molar-refractivity contribution in [2.24, 2.45) is 0 Å². The van der Waals surface area contributed by atoms with Crippen molar-refractivity contribution in [3.05, 3.63) is 70.2 Å². The van der Waals surface area contributed by atoms with Gasteiger partial charge in [-0.3, -0.25) is 4.79 Å². The number of hydrogen-bond donors (Lipinski definition) is 0. The molecule has 3 aromatic rings. The molecule has 1 aliphatic rings. The van der Waals surface area contributed by atoms with Gasteiger partial charge in [-0.05, 0) is 57.4 Å². The summed E-state index contributed by atoms with van der Waals surface area (Å²) >= 11 is 1.44. The number of aromatic nitrogens is 1. The van der Waals surface area contributed by atoms with Crippen LogP contribution in [0.3, 0.4) is 0 Å². The van der Waals surface area contributed by atoms with Crippen LogP contribution in [0.5, 0.6) is 5.75 Å². The van der Waals surface area contributed by atoms with E-state index in [2.05, 4.69) is 4.98 Å². The lowest BCUT2D eigenvalue weighted by molar-refractivity contribution is -0.158. The van der Waals surface area contributed by atoms with Crippen molar-refractivity contribution in [2.45, 2.75) is 60.1 Å². The molecule has 0 saturated heterocycles. The lowest BCUT2D eigenvalue weighted by atomic mass is 9.99. The molecule has 0 radical (unpaired) electrons. The van der Waals surface area contributed by atoms with Crippen LogP contribution < -0.4 is 4.74 Å². The normalized spacial score (nSPS) is 12.8. The fourth-order valence-corrected chi connectivity index (χ4v) is 4.89. The van der Waals surface area contributed by atoms with Gasteiger partial charge in [0.25, 0.3) is 5.91 Å². The zero-order valence-electron chi connectivity index (χ0n) is 21.4. The van der Waals surface area contributed by atoms with Crippen LogP contribution in [0.4, 0.5) is 0 Å². The van der Waals surface area contributed by atoms with Gasteiger partial charge in [-0.15, -0.1) is 11.3 Å². The first-order valence-corrected chi connectivity index (χ1v) is 12.9. The van der Waals surface area contributed by atoms with Gasteiger partial charge >= 0.3 is 5.97 Å². The van der Waals surface area contributed by atoms with Gasteiger partial charge in [0.15, 0.2) is 5.60 Å². The molecule has 0 saturated carbocycles. The van der Waals surface area contributed by atoms with Crippen LogP contribution in [0.15, 0.2) is 48.5 Å². The van der Waals surface area contributed by atoms with Crippen molar-refractivity contribution in [1.29, 1.82) is 0 Å². The Morgan fingerprint density at radius 2 is 1.80 bits per heavy atom. The number of nitrogens with zero attached hydrogens (tertiary/aromatic N) is 2. The molecule has 7 heteroatoms. The van der Waals surface area contributed by atoms with Crippen molar-refractivity contribution < 1.29 is 19.1 Å². The highest BCUT2D eigenvalue weighted by Crippen LogP contribution is 2.31. The summed E-state index contributed by atoms with van der Waals surface area (Å²) < 4.78 is 11.1. The van der Waals surface area contributed by atoms with Crippen LogP contribution in [-0.4, -0.2) is 40.5 Å². The number of esters is 1. The molecule has 0 spiro atoms. The molecule has 6 nitrogen and oxygen atoms in total. The molecule has 1 aromatic heterocycles. The molecule has 35 heavy (non-hydrogen) atoms. The van der Waals surface area contributed by atoms with Crippen molar-refractivity contribution in [3.63, 3.8) is 0 Å². The predicted octanol–water partition coefficient (Wildman–Crippen LogP) is 6.06. The third-order valence-corrected chi connectivity index (χ3v) is 6.82. The second-order valence-corrected chi connectivity index (χ2v) is 9.54. The van der Waals surface area contributed by atoms with Crippen LogP contribution in [0.1, 0.15) is 61.1 Å². The van der Waals surface area contributed by atoms with Gasteiger partial charge in [0.05, 0.1) is 12.3 Å². The second kappa shape index (κ2) is 11.5. The topological polar surface area (TPSA) is 68.7 Å². The summed E-state index contributed by atoms with van der Waals surface area (Å²) in [5.41, 5.74) is 2.88. The van der Waals surface area contributed by atoms with Gasteiger partial charge in [-0.1, -0.05) is 50.2 Å². The van der Waals surface area contributed by atoms with Crippen molar-refractivity contribution in [1.82, 2.24) is 9.88 Å². The molecule has 4 rings (SSSR count). The molecular weight excluding hydrogens is 460 g/mol. The third-order valence-electron chi connectivity index (χ3n) is 5.63. The lowest BCUT2D eigenvalue weighted by Crippen LogP contribution is -2.40. The smallest absolute Gasteiger partial charge is 0.349 e. The minimum absolute atomic E-state index is 0.00370. The maximum atomic E-state index is 13.4. The highest BCUT2D eigenvalue weighted by Gasteiger charge is 2.32. The number of hydrogen-bond acceptors (Lipinski definition) is 6. The monoisotopic (exact) mass is 494 g/mol. The Kier molecular flexibility index (Phi) is 8.67. The predicted molar refractivity (Wildman–Crippen MR) is 140 cm³/mol. The van der Waals surface area contributed by atoms with Crippen LogP contribution in [-0.2, 0) is 22.5 Å². The number of thiazole rings is 1. The van der Waals surface area contributed by atoms with E-state index in [-0.39, 0.29) is 5.91 Å². The van der Waals surface area contributed by atoms with E-state index in [9.17, 15) is 9.59 Å². The van der Waals surface area contributed by atoms with E-state index in [1.165, 1.54) is 16.9 Å². The Labute approximate surface area is 211 Å². The highest BCUT2D eigenvalue weighted by molar-refractivity contribution is 7.17. The molecule has 0 unspecified atom stereocenters. The summed E-state index contributed by atoms with van der Waals surface area (Å²) in [6, 6.07) is 15.7. The van der Waals surface area contributed by atoms with Crippen molar-refractivity contribution >= 4 is 23.2 Å². The number of carbonyl (C=O) groups excluding carboxylic acids is 2. The van der Waals surface area contributed by atoms with E-state index in [1.807, 2.05) is 74.2 Å². The maximum Gasteiger partial charge on any atom is 0.349 e. The van der Waals surface area contributed by atoms with E-state index < -0.39 is 11.6 Å². The SMILES string of the molecule is CC.CCOC(=O)C(C)(C)Oc1ccc2c(c1)CN(C(=O)c1sc(-c3ccccc3)nc1C)CC2. The summed E-state index contributed by atoms with van der Waals surface area (Å²) in [6.07, 6.45) is 0.770. The number of aryl methyl sites for hydroxylation is 1. The quantitative estimate of drug-likeness (QED) is 0.390. The molecule has 0 N–H and O–H groups in total. The first-order valence-electron chi connectivity index (χ1n) is 12.1. The Hall–Kier alpha value is -3.19. The lowest BCUT2D eigenvalue weighted by Gasteiger charge is -2.30. The van der Waals surface area contributed by atoms with Crippen LogP contribution in [0.2, 0.25) is 0 Å². The molecule has 2 heterocycles. The number of ether oxygens (including phenoxy) is 2. The van der Waals surface area contributed by atoms with E-state index in [0.29, 0.717) is 30.3 Å². The first kappa shape index (κ1) is 26.4. The van der Waals surface area contributed by atoms with Crippen molar-refractivity contribution in [3.8, 4) is 16.3 Å². The summed E-state index contributed by atoms with van der Waals surface area (Å²) in [6.45, 7) is 12.5. The summed E-state index contributed by atoms with van der Waals surface area (Å²) in [4.78, 5) is 32.7. The number of fused-ring (bicyclic) bond motifs is 1. The van der Waals surface area contributed by atoms with Crippen LogP contribution >= 0.6 is 11.3 Å². The van der Waals surface area contributed by atoms with Crippen molar-refractivity contribution in [2.75, 3.05) is 13.2 Å². The number of rotatable bonds is 6. The van der Waals surface area contributed by atoms with Gasteiger partial charge < -0.3 is 14.4 Å². The minimum Gasteiger partial charge on any atom is -0.476 e. The zero-order valence-corrected chi connectivity index (χ0v) is 22.2. The van der Waals surface area contributed by atoms with Gasteiger partial charge in [0.2, 0.25) is 0 Å². The summed E-state index contributed by atoms with van der Waals surface area (Å²) in [5, 5.41) is 0.853. The van der Waals surface area contributed by atoms with Gasteiger partial charge in [0.1, 0.15) is 15.6 Å². The van der Waals surface area contributed by atoms with Crippen LogP contribution in [0.25, 0.3) is 10.6 Å².